The van der Waals surface area contributed by atoms with Gasteiger partial charge in [-0.05, 0) is 56.4 Å². The maximum Gasteiger partial charge on any atom is 0.265 e. The van der Waals surface area contributed by atoms with Crippen LogP contribution < -0.4 is 15.4 Å². The lowest BCUT2D eigenvalue weighted by molar-refractivity contribution is -0.122. The molecule has 6 nitrogen and oxygen atoms in total. The summed E-state index contributed by atoms with van der Waals surface area (Å²) in [6.07, 6.45) is -0.634. The number of rotatable bonds is 10. The van der Waals surface area contributed by atoms with Crippen LogP contribution in [0.3, 0.4) is 0 Å². The third-order valence-electron chi connectivity index (χ3n) is 4.45. The standard InChI is InChI=1S/C22H29N3O3/c1-4-25(5-2)16-15-23-22(27)18-11-13-19(14-12-18)24-21(26)17(3)28-20-9-7-6-8-10-20/h6-14,17H,4-5,15-16H2,1-3H3,(H,23,27)(H,24,26). The molecule has 0 heterocycles. The fourth-order valence-electron chi connectivity index (χ4n) is 2.67. The molecule has 0 fully saturated rings. The van der Waals surface area contributed by atoms with Crippen LogP contribution in [-0.4, -0.2) is 49.0 Å². The molecule has 0 spiro atoms. The minimum atomic E-state index is -0.634. The van der Waals surface area contributed by atoms with Gasteiger partial charge >= 0.3 is 0 Å². The molecule has 0 saturated carbocycles. The van der Waals surface area contributed by atoms with Crippen LogP contribution in [0.4, 0.5) is 5.69 Å². The predicted molar refractivity (Wildman–Crippen MR) is 112 cm³/mol. The Kier molecular flexibility index (Phi) is 8.49. The molecule has 0 aliphatic heterocycles. The highest BCUT2D eigenvalue weighted by atomic mass is 16.5. The molecule has 0 bridgehead atoms. The molecule has 6 heteroatoms. The largest absolute Gasteiger partial charge is 0.481 e. The molecule has 28 heavy (non-hydrogen) atoms. The lowest BCUT2D eigenvalue weighted by Crippen LogP contribution is -2.34. The molecule has 1 atom stereocenters. The van der Waals surface area contributed by atoms with Crippen LogP contribution in [-0.2, 0) is 4.79 Å². The Balaban J connectivity index is 1.82. The maximum absolute atomic E-state index is 12.3. The van der Waals surface area contributed by atoms with Crippen molar-refractivity contribution in [2.45, 2.75) is 26.9 Å². The number of nitrogens with zero attached hydrogens (tertiary/aromatic N) is 1. The van der Waals surface area contributed by atoms with Gasteiger partial charge < -0.3 is 20.3 Å². The summed E-state index contributed by atoms with van der Waals surface area (Å²) >= 11 is 0. The molecule has 150 valence electrons. The molecule has 2 N–H and O–H groups in total. The van der Waals surface area contributed by atoms with E-state index in [1.165, 1.54) is 0 Å². The van der Waals surface area contributed by atoms with Gasteiger partial charge in [0.1, 0.15) is 5.75 Å². The number of benzene rings is 2. The van der Waals surface area contributed by atoms with E-state index in [2.05, 4.69) is 29.4 Å². The Hall–Kier alpha value is -2.86. The van der Waals surface area contributed by atoms with E-state index in [4.69, 9.17) is 4.74 Å². The van der Waals surface area contributed by atoms with Gasteiger partial charge in [-0.3, -0.25) is 9.59 Å². The third kappa shape index (κ3) is 6.70. The van der Waals surface area contributed by atoms with E-state index in [1.54, 1.807) is 43.3 Å². The zero-order valence-electron chi connectivity index (χ0n) is 16.8. The molecular formula is C22H29N3O3. The number of hydrogen-bond acceptors (Lipinski definition) is 4. The van der Waals surface area contributed by atoms with Crippen molar-refractivity contribution in [1.29, 1.82) is 0 Å². The summed E-state index contributed by atoms with van der Waals surface area (Å²) in [5.74, 6) is 0.271. The summed E-state index contributed by atoms with van der Waals surface area (Å²) < 4.78 is 5.61. The van der Waals surface area contributed by atoms with Crippen LogP contribution in [0.5, 0.6) is 5.75 Å². The lowest BCUT2D eigenvalue weighted by Gasteiger charge is -2.18. The van der Waals surface area contributed by atoms with Crippen molar-refractivity contribution in [2.75, 3.05) is 31.5 Å². The van der Waals surface area contributed by atoms with Crippen LogP contribution >= 0.6 is 0 Å². The highest BCUT2D eigenvalue weighted by Crippen LogP contribution is 2.13. The monoisotopic (exact) mass is 383 g/mol. The number of para-hydroxylation sites is 1. The maximum atomic E-state index is 12.3. The normalized spacial score (nSPS) is 11.7. The quantitative estimate of drug-likeness (QED) is 0.661. The van der Waals surface area contributed by atoms with Crippen LogP contribution in [0.15, 0.2) is 54.6 Å². The second-order valence-electron chi connectivity index (χ2n) is 6.42. The number of carbonyl (C=O) groups excluding carboxylic acids is 2. The first-order valence-corrected chi connectivity index (χ1v) is 9.66. The lowest BCUT2D eigenvalue weighted by atomic mass is 10.2. The smallest absolute Gasteiger partial charge is 0.265 e. The molecule has 2 amide bonds. The Bertz CT molecular complexity index is 743. The molecule has 0 aliphatic carbocycles. The van der Waals surface area contributed by atoms with Crippen molar-refractivity contribution >= 4 is 17.5 Å². The van der Waals surface area contributed by atoms with Crippen LogP contribution in [0, 0.1) is 0 Å². The number of likely N-dealkylation sites (N-methyl/N-ethyl adjacent to an activating group) is 1. The Labute approximate surface area is 166 Å². The topological polar surface area (TPSA) is 70.7 Å². The molecule has 1 unspecified atom stereocenters. The van der Waals surface area contributed by atoms with Gasteiger partial charge in [-0.25, -0.2) is 0 Å². The van der Waals surface area contributed by atoms with Gasteiger partial charge in [0, 0.05) is 24.3 Å². The second kappa shape index (κ2) is 11.1. The number of hydrogen-bond donors (Lipinski definition) is 2. The Morgan fingerprint density at radius 1 is 1.00 bits per heavy atom. The van der Waals surface area contributed by atoms with Crippen molar-refractivity contribution in [3.8, 4) is 5.75 Å². The van der Waals surface area contributed by atoms with Gasteiger partial charge in [-0.15, -0.1) is 0 Å². The molecular weight excluding hydrogens is 354 g/mol. The van der Waals surface area contributed by atoms with Gasteiger partial charge in [-0.2, -0.15) is 0 Å². The van der Waals surface area contributed by atoms with Crippen molar-refractivity contribution in [3.63, 3.8) is 0 Å². The molecule has 0 saturated heterocycles. The number of nitrogens with one attached hydrogen (secondary N) is 2. The predicted octanol–water partition coefficient (Wildman–Crippen LogP) is 3.16. The SMILES string of the molecule is CCN(CC)CCNC(=O)c1ccc(NC(=O)C(C)Oc2ccccc2)cc1. The van der Waals surface area contributed by atoms with Gasteiger partial charge in [0.2, 0.25) is 0 Å². The van der Waals surface area contributed by atoms with Crippen LogP contribution in [0.1, 0.15) is 31.1 Å². The summed E-state index contributed by atoms with van der Waals surface area (Å²) in [4.78, 5) is 26.7. The summed E-state index contributed by atoms with van der Waals surface area (Å²) in [6, 6.07) is 16.0. The average Bonchev–Trinajstić information content (AvgIpc) is 2.72. The summed E-state index contributed by atoms with van der Waals surface area (Å²) in [7, 11) is 0. The third-order valence-corrected chi connectivity index (χ3v) is 4.45. The van der Waals surface area contributed by atoms with E-state index in [9.17, 15) is 9.59 Å². The molecule has 0 aromatic heterocycles. The van der Waals surface area contributed by atoms with Gasteiger partial charge in [-0.1, -0.05) is 32.0 Å². The number of ether oxygens (including phenoxy) is 1. The van der Waals surface area contributed by atoms with Crippen LogP contribution in [0.25, 0.3) is 0 Å². The fourth-order valence-corrected chi connectivity index (χ4v) is 2.67. The molecule has 0 radical (unpaired) electrons. The van der Waals surface area contributed by atoms with Gasteiger partial charge in [0.25, 0.3) is 11.8 Å². The highest BCUT2D eigenvalue weighted by molar-refractivity contribution is 5.96. The van der Waals surface area contributed by atoms with E-state index in [0.717, 1.165) is 19.6 Å². The number of anilines is 1. The number of carbonyl (C=O) groups is 2. The highest BCUT2D eigenvalue weighted by Gasteiger charge is 2.15. The minimum Gasteiger partial charge on any atom is -0.481 e. The molecule has 2 rings (SSSR count). The van der Waals surface area contributed by atoms with Crippen molar-refractivity contribution in [3.05, 3.63) is 60.2 Å². The molecule has 2 aromatic carbocycles. The Morgan fingerprint density at radius 3 is 2.25 bits per heavy atom. The van der Waals surface area contributed by atoms with E-state index >= 15 is 0 Å². The van der Waals surface area contributed by atoms with Gasteiger partial charge in [0.05, 0.1) is 0 Å². The Morgan fingerprint density at radius 2 is 1.64 bits per heavy atom. The first kappa shape index (κ1) is 21.4. The van der Waals surface area contributed by atoms with E-state index in [1.807, 2.05) is 18.2 Å². The summed E-state index contributed by atoms with van der Waals surface area (Å²) in [6.45, 7) is 9.26. The van der Waals surface area contributed by atoms with E-state index in [-0.39, 0.29) is 11.8 Å². The van der Waals surface area contributed by atoms with E-state index in [0.29, 0.717) is 23.5 Å². The molecule has 0 aliphatic rings. The number of amides is 2. The van der Waals surface area contributed by atoms with Crippen molar-refractivity contribution in [2.24, 2.45) is 0 Å². The van der Waals surface area contributed by atoms with Crippen LogP contribution in [0.2, 0.25) is 0 Å². The summed E-state index contributed by atoms with van der Waals surface area (Å²) in [5, 5.41) is 5.71. The van der Waals surface area contributed by atoms with Crippen molar-refractivity contribution in [1.82, 2.24) is 10.2 Å². The van der Waals surface area contributed by atoms with E-state index < -0.39 is 6.10 Å². The minimum absolute atomic E-state index is 0.120. The summed E-state index contributed by atoms with van der Waals surface area (Å²) in [5.41, 5.74) is 1.18. The van der Waals surface area contributed by atoms with Crippen molar-refractivity contribution < 1.29 is 14.3 Å². The fraction of sp³-hybridized carbons (Fsp3) is 0.364. The first-order valence-electron chi connectivity index (χ1n) is 9.66. The average molecular weight is 383 g/mol. The zero-order chi connectivity index (χ0) is 20.4. The van der Waals surface area contributed by atoms with Gasteiger partial charge in [0.15, 0.2) is 6.10 Å². The first-order chi connectivity index (χ1) is 13.5. The zero-order valence-corrected chi connectivity index (χ0v) is 16.8. The second-order valence-corrected chi connectivity index (χ2v) is 6.42. The molecule has 2 aromatic rings.